The predicted octanol–water partition coefficient (Wildman–Crippen LogP) is 1.04. The summed E-state index contributed by atoms with van der Waals surface area (Å²) < 4.78 is 21.8. The fourth-order valence-electron chi connectivity index (χ4n) is 2.70. The van der Waals surface area contributed by atoms with Crippen LogP contribution in [0, 0.1) is 0 Å². The summed E-state index contributed by atoms with van der Waals surface area (Å²) in [6.45, 7) is 3.62. The highest BCUT2D eigenvalue weighted by molar-refractivity contribution is 5.52. The maximum Gasteiger partial charge on any atom is 0.131 e. The smallest absolute Gasteiger partial charge is 0.131 e. The second-order valence-electron chi connectivity index (χ2n) is 4.85. The molecule has 2 N–H and O–H groups in total. The predicted molar refractivity (Wildman–Crippen MR) is 80.3 cm³/mol. The number of methoxy groups -OCH3 is 3. The van der Waals surface area contributed by atoms with E-state index in [-0.39, 0.29) is 6.04 Å². The van der Waals surface area contributed by atoms with Crippen LogP contribution in [-0.4, -0.2) is 59.1 Å². The third-order valence-electron chi connectivity index (χ3n) is 3.80. The monoisotopic (exact) mass is 296 g/mol. The molecule has 0 bridgehead atoms. The number of rotatable bonds is 6. The molecular weight excluding hydrogens is 272 g/mol. The molecule has 2 rings (SSSR count). The third-order valence-corrected chi connectivity index (χ3v) is 3.80. The van der Waals surface area contributed by atoms with Crippen molar-refractivity contribution in [1.29, 1.82) is 0 Å². The lowest BCUT2D eigenvalue weighted by atomic mass is 10.0. The zero-order valence-corrected chi connectivity index (χ0v) is 12.9. The van der Waals surface area contributed by atoms with E-state index in [0.717, 1.165) is 43.4 Å². The van der Waals surface area contributed by atoms with Crippen LogP contribution < -0.4 is 19.9 Å². The van der Waals surface area contributed by atoms with E-state index in [1.165, 1.54) is 0 Å². The number of benzene rings is 1. The van der Waals surface area contributed by atoms with Crippen LogP contribution in [0.15, 0.2) is 12.1 Å². The molecule has 0 radical (unpaired) electrons. The molecule has 0 saturated carbocycles. The van der Waals surface area contributed by atoms with Gasteiger partial charge in [-0.25, -0.2) is 0 Å². The average molecular weight is 296 g/mol. The van der Waals surface area contributed by atoms with Crippen LogP contribution >= 0.6 is 0 Å². The lowest BCUT2D eigenvalue weighted by molar-refractivity contribution is 0.0169. The van der Waals surface area contributed by atoms with Gasteiger partial charge in [0.05, 0.1) is 46.1 Å². The van der Waals surface area contributed by atoms with Crippen molar-refractivity contribution in [2.45, 2.75) is 6.04 Å². The molecule has 0 aliphatic carbocycles. The molecule has 118 valence electrons. The molecule has 1 heterocycles. The number of morpholine rings is 1. The molecular formula is C15H24N2O4. The van der Waals surface area contributed by atoms with Gasteiger partial charge in [-0.3, -0.25) is 4.90 Å². The van der Waals surface area contributed by atoms with E-state index in [4.69, 9.17) is 24.7 Å². The standard InChI is InChI=1S/C15H24N2O4/c1-18-11-8-13(19-2)15(14(9-11)20-3)12(10-16)17-4-6-21-7-5-17/h8-9,12H,4-7,10,16H2,1-3H3/t12-/m1/s1. The van der Waals surface area contributed by atoms with E-state index < -0.39 is 0 Å². The van der Waals surface area contributed by atoms with Crippen molar-refractivity contribution in [3.8, 4) is 17.2 Å². The molecule has 1 aromatic rings. The number of ether oxygens (including phenoxy) is 4. The van der Waals surface area contributed by atoms with Gasteiger partial charge < -0.3 is 24.7 Å². The van der Waals surface area contributed by atoms with Crippen LogP contribution in [0.25, 0.3) is 0 Å². The van der Waals surface area contributed by atoms with E-state index >= 15 is 0 Å². The van der Waals surface area contributed by atoms with Gasteiger partial charge in [0.15, 0.2) is 0 Å². The summed E-state index contributed by atoms with van der Waals surface area (Å²) in [5, 5.41) is 0. The zero-order valence-electron chi connectivity index (χ0n) is 12.9. The van der Waals surface area contributed by atoms with Gasteiger partial charge in [0.1, 0.15) is 17.2 Å². The minimum atomic E-state index is 0.0321. The molecule has 0 aromatic heterocycles. The lowest BCUT2D eigenvalue weighted by Gasteiger charge is -2.35. The van der Waals surface area contributed by atoms with Crippen molar-refractivity contribution >= 4 is 0 Å². The molecule has 6 nitrogen and oxygen atoms in total. The fourth-order valence-corrected chi connectivity index (χ4v) is 2.70. The van der Waals surface area contributed by atoms with E-state index in [1.807, 2.05) is 12.1 Å². The minimum Gasteiger partial charge on any atom is -0.496 e. The highest BCUT2D eigenvalue weighted by Gasteiger charge is 2.28. The Hall–Kier alpha value is -1.50. The Morgan fingerprint density at radius 1 is 1.10 bits per heavy atom. The Labute approximate surface area is 125 Å². The first-order chi connectivity index (χ1) is 10.2. The molecule has 1 aliphatic heterocycles. The molecule has 1 atom stereocenters. The second-order valence-corrected chi connectivity index (χ2v) is 4.85. The van der Waals surface area contributed by atoms with Crippen molar-refractivity contribution in [1.82, 2.24) is 4.90 Å². The van der Waals surface area contributed by atoms with Crippen LogP contribution in [0.1, 0.15) is 11.6 Å². The van der Waals surface area contributed by atoms with Crippen molar-refractivity contribution in [2.24, 2.45) is 5.73 Å². The largest absolute Gasteiger partial charge is 0.496 e. The summed E-state index contributed by atoms with van der Waals surface area (Å²) in [6, 6.07) is 3.76. The van der Waals surface area contributed by atoms with Gasteiger partial charge >= 0.3 is 0 Å². The van der Waals surface area contributed by atoms with Gasteiger partial charge in [-0.15, -0.1) is 0 Å². The number of nitrogens with zero attached hydrogens (tertiary/aromatic N) is 1. The Balaban J connectivity index is 2.42. The molecule has 1 aromatic carbocycles. The summed E-state index contributed by atoms with van der Waals surface area (Å²) in [4.78, 5) is 2.30. The van der Waals surface area contributed by atoms with Gasteiger partial charge in [-0.05, 0) is 0 Å². The van der Waals surface area contributed by atoms with Crippen LogP contribution in [0.5, 0.6) is 17.2 Å². The first-order valence-corrected chi connectivity index (χ1v) is 7.06. The van der Waals surface area contributed by atoms with E-state index in [9.17, 15) is 0 Å². The van der Waals surface area contributed by atoms with E-state index in [0.29, 0.717) is 12.3 Å². The Kier molecular flexibility index (Phi) is 5.67. The summed E-state index contributed by atoms with van der Waals surface area (Å²) >= 11 is 0. The van der Waals surface area contributed by atoms with Crippen molar-refractivity contribution in [3.63, 3.8) is 0 Å². The first kappa shape index (κ1) is 15.9. The SMILES string of the molecule is COc1cc(OC)c([C@@H](CN)N2CCOCC2)c(OC)c1. The zero-order chi connectivity index (χ0) is 15.2. The Morgan fingerprint density at radius 3 is 2.10 bits per heavy atom. The number of nitrogens with two attached hydrogens (primary N) is 1. The van der Waals surface area contributed by atoms with Crippen LogP contribution in [-0.2, 0) is 4.74 Å². The average Bonchev–Trinajstić information content (AvgIpc) is 2.56. The van der Waals surface area contributed by atoms with Gasteiger partial charge in [0.2, 0.25) is 0 Å². The summed E-state index contributed by atoms with van der Waals surface area (Å²) in [7, 11) is 4.91. The van der Waals surface area contributed by atoms with Crippen LogP contribution in [0.3, 0.4) is 0 Å². The summed E-state index contributed by atoms with van der Waals surface area (Å²) in [6.07, 6.45) is 0. The van der Waals surface area contributed by atoms with Gasteiger partial charge in [0.25, 0.3) is 0 Å². The number of hydrogen-bond donors (Lipinski definition) is 1. The van der Waals surface area contributed by atoms with Crippen LogP contribution in [0.4, 0.5) is 0 Å². The molecule has 6 heteroatoms. The normalized spacial score (nSPS) is 17.3. The highest BCUT2D eigenvalue weighted by atomic mass is 16.5. The molecule has 1 aliphatic rings. The quantitative estimate of drug-likeness (QED) is 0.846. The first-order valence-electron chi connectivity index (χ1n) is 7.06. The van der Waals surface area contributed by atoms with Gasteiger partial charge in [-0.2, -0.15) is 0 Å². The molecule has 1 fully saturated rings. The maximum atomic E-state index is 6.03. The second kappa shape index (κ2) is 7.49. The number of hydrogen-bond acceptors (Lipinski definition) is 6. The topological polar surface area (TPSA) is 66.2 Å². The van der Waals surface area contributed by atoms with E-state index in [1.54, 1.807) is 21.3 Å². The Bertz CT molecular complexity index is 436. The van der Waals surface area contributed by atoms with E-state index in [2.05, 4.69) is 4.90 Å². The molecule has 21 heavy (non-hydrogen) atoms. The maximum absolute atomic E-state index is 6.03. The van der Waals surface area contributed by atoms with Crippen molar-refractivity contribution in [2.75, 3.05) is 54.2 Å². The molecule has 1 saturated heterocycles. The van der Waals surface area contributed by atoms with Crippen molar-refractivity contribution in [3.05, 3.63) is 17.7 Å². The lowest BCUT2D eigenvalue weighted by Crippen LogP contribution is -2.42. The highest BCUT2D eigenvalue weighted by Crippen LogP contribution is 2.40. The third kappa shape index (κ3) is 3.40. The van der Waals surface area contributed by atoms with Crippen LogP contribution in [0.2, 0.25) is 0 Å². The minimum absolute atomic E-state index is 0.0321. The fraction of sp³-hybridized carbons (Fsp3) is 0.600. The van der Waals surface area contributed by atoms with Gasteiger partial charge in [-0.1, -0.05) is 0 Å². The molecule has 0 spiro atoms. The Morgan fingerprint density at radius 2 is 1.67 bits per heavy atom. The molecule has 0 unspecified atom stereocenters. The summed E-state index contributed by atoms with van der Waals surface area (Å²) in [5.74, 6) is 2.16. The summed E-state index contributed by atoms with van der Waals surface area (Å²) in [5.41, 5.74) is 6.99. The van der Waals surface area contributed by atoms with Gasteiger partial charge in [0, 0.05) is 31.8 Å². The molecule has 0 amide bonds. The van der Waals surface area contributed by atoms with Crippen molar-refractivity contribution < 1.29 is 18.9 Å².